The summed E-state index contributed by atoms with van der Waals surface area (Å²) in [5.74, 6) is 1.59. The van der Waals surface area contributed by atoms with Gasteiger partial charge in [-0.05, 0) is 41.8 Å². The van der Waals surface area contributed by atoms with Crippen molar-refractivity contribution in [2.75, 3.05) is 45.2 Å². The molecule has 1 aromatic rings. The van der Waals surface area contributed by atoms with Gasteiger partial charge in [0.05, 0.1) is 33.5 Å². The van der Waals surface area contributed by atoms with Crippen molar-refractivity contribution in [3.63, 3.8) is 0 Å². The molecule has 3 heterocycles. The van der Waals surface area contributed by atoms with Crippen LogP contribution in [0, 0.1) is 3.57 Å². The Labute approximate surface area is 169 Å². The molecule has 2 aliphatic heterocycles. The molecule has 24 heavy (non-hydrogen) atoms. The Morgan fingerprint density at radius 2 is 1.67 bits per heavy atom. The van der Waals surface area contributed by atoms with Gasteiger partial charge in [-0.25, -0.2) is 3.11 Å². The number of carbonyl (C=O) groups excluding carboxylic acids is 2. The molecule has 0 saturated carbocycles. The van der Waals surface area contributed by atoms with Crippen LogP contribution in [0.4, 0.5) is 5.82 Å². The van der Waals surface area contributed by atoms with Crippen LogP contribution in [-0.2, 0) is 9.59 Å². The van der Waals surface area contributed by atoms with Gasteiger partial charge in [0.25, 0.3) is 0 Å². The van der Waals surface area contributed by atoms with E-state index in [0.29, 0.717) is 12.8 Å². The number of methoxy groups -OCH3 is 1. The maximum Gasteiger partial charge on any atom is 0.238 e. The molecule has 0 unspecified atom stereocenters. The van der Waals surface area contributed by atoms with Gasteiger partial charge in [0, 0.05) is 39.0 Å². The molecule has 0 atom stereocenters. The van der Waals surface area contributed by atoms with Crippen molar-refractivity contribution < 1.29 is 14.3 Å². The first-order chi connectivity index (χ1) is 11.4. The van der Waals surface area contributed by atoms with Crippen LogP contribution in [0.25, 0.3) is 0 Å². The van der Waals surface area contributed by atoms with Gasteiger partial charge >= 0.3 is 0 Å². The number of aromatic nitrogens is 1. The Hall–Kier alpha value is -0.690. The Balaban J connectivity index is 0.000000219. The van der Waals surface area contributed by atoms with Crippen molar-refractivity contribution in [2.45, 2.75) is 12.8 Å². The lowest BCUT2D eigenvalue weighted by Gasteiger charge is -2.33. The highest BCUT2D eigenvalue weighted by Crippen LogP contribution is 2.22. The molecule has 0 radical (unpaired) electrons. The van der Waals surface area contributed by atoms with Crippen molar-refractivity contribution in [2.24, 2.45) is 0 Å². The lowest BCUT2D eigenvalue weighted by molar-refractivity contribution is -0.130. The molecule has 0 aliphatic carbocycles. The minimum absolute atomic E-state index is 0.0735. The van der Waals surface area contributed by atoms with Gasteiger partial charge in [-0.1, -0.05) is 0 Å². The molecule has 2 fully saturated rings. The number of pyridine rings is 1. The van der Waals surface area contributed by atoms with Gasteiger partial charge in [0.1, 0.15) is 5.82 Å². The van der Waals surface area contributed by atoms with Crippen molar-refractivity contribution in [1.82, 2.24) is 13.0 Å². The molecule has 0 N–H and O–H groups in total. The highest BCUT2D eigenvalue weighted by molar-refractivity contribution is 14.1. The van der Waals surface area contributed by atoms with Crippen LogP contribution in [0.15, 0.2) is 12.1 Å². The normalized spacial score (nSPS) is 18.5. The maximum absolute atomic E-state index is 10.5. The van der Waals surface area contributed by atoms with E-state index >= 15 is 0 Å². The van der Waals surface area contributed by atoms with Gasteiger partial charge in [-0.15, -0.1) is 0 Å². The lowest BCUT2D eigenvalue weighted by Crippen LogP contribution is -2.44. The van der Waals surface area contributed by atoms with E-state index in [1.54, 1.807) is 30.0 Å². The van der Waals surface area contributed by atoms with E-state index in [0.717, 1.165) is 44.6 Å². The third-order valence-corrected chi connectivity index (χ3v) is 5.71. The highest BCUT2D eigenvalue weighted by atomic mass is 127. The third kappa shape index (κ3) is 5.15. The quantitative estimate of drug-likeness (QED) is 0.315. The van der Waals surface area contributed by atoms with Crippen molar-refractivity contribution >= 4 is 63.1 Å². The summed E-state index contributed by atoms with van der Waals surface area (Å²) in [5.41, 5.74) is 0. The zero-order valence-corrected chi connectivity index (χ0v) is 18.0. The third-order valence-electron chi connectivity index (χ3n) is 3.81. The van der Waals surface area contributed by atoms with Gasteiger partial charge in [-0.2, -0.15) is 4.98 Å². The van der Waals surface area contributed by atoms with E-state index in [1.807, 2.05) is 0 Å². The number of amides is 2. The summed E-state index contributed by atoms with van der Waals surface area (Å²) in [5, 5.41) is 0. The fourth-order valence-corrected chi connectivity index (χ4v) is 3.32. The van der Waals surface area contributed by atoms with Crippen LogP contribution in [0.3, 0.4) is 0 Å². The molecule has 1 aromatic heterocycles. The summed E-state index contributed by atoms with van der Waals surface area (Å²) in [6, 6.07) is 4.12. The topological polar surface area (TPSA) is 66.0 Å². The number of ether oxygens (including phenoxy) is 1. The van der Waals surface area contributed by atoms with Gasteiger partial charge in [0.2, 0.25) is 17.7 Å². The smallest absolute Gasteiger partial charge is 0.238 e. The van der Waals surface area contributed by atoms with Gasteiger partial charge < -0.3 is 14.5 Å². The molecular weight excluding hydrogens is 538 g/mol. The fourth-order valence-electron chi connectivity index (χ4n) is 2.32. The highest BCUT2D eigenvalue weighted by Gasteiger charge is 2.26. The van der Waals surface area contributed by atoms with Crippen molar-refractivity contribution in [3.8, 4) is 5.88 Å². The van der Waals surface area contributed by atoms with Crippen molar-refractivity contribution in [1.29, 1.82) is 0 Å². The monoisotopic (exact) mass is 558 g/mol. The number of carbonyl (C=O) groups is 2. The Bertz CT molecular complexity index is 590. The second-order valence-electron chi connectivity index (χ2n) is 5.52. The van der Waals surface area contributed by atoms with Gasteiger partial charge in [0.15, 0.2) is 0 Å². The molecule has 9 heteroatoms. The number of imide groups is 1. The average Bonchev–Trinajstić information content (AvgIpc) is 2.88. The molecule has 0 aromatic carbocycles. The molecular formula is C15H20I2N4O3. The van der Waals surface area contributed by atoms with Crippen molar-refractivity contribution in [3.05, 3.63) is 15.7 Å². The largest absolute Gasteiger partial charge is 0.480 e. The van der Waals surface area contributed by atoms with Crippen LogP contribution >= 0.6 is 45.5 Å². The standard InChI is InChI=1S/C11H16IN3O.C4H4INO2/c1-14-5-7-15(8-6-14)10-4-3-9(12)11(13-10)16-2;5-6-3(7)1-2-4(6)8/h3-4H,5-8H2,1-2H3;1-2H2. The Morgan fingerprint density at radius 1 is 1.08 bits per heavy atom. The summed E-state index contributed by atoms with van der Waals surface area (Å²) >= 11 is 3.96. The van der Waals surface area contributed by atoms with Gasteiger partial charge in [-0.3, -0.25) is 9.59 Å². The maximum atomic E-state index is 10.5. The molecule has 0 bridgehead atoms. The fraction of sp³-hybridized carbons (Fsp3) is 0.533. The molecule has 2 amide bonds. The number of anilines is 1. The molecule has 3 rings (SSSR count). The van der Waals surface area contributed by atoms with E-state index in [2.05, 4.69) is 56.6 Å². The summed E-state index contributed by atoms with van der Waals surface area (Å²) in [6.45, 7) is 4.26. The molecule has 2 aliphatic rings. The first-order valence-corrected chi connectivity index (χ1v) is 9.62. The van der Waals surface area contributed by atoms with Crippen LogP contribution in [0.2, 0.25) is 0 Å². The minimum Gasteiger partial charge on any atom is -0.480 e. The number of piperazine rings is 1. The molecule has 132 valence electrons. The van der Waals surface area contributed by atoms with E-state index in [1.165, 1.54) is 0 Å². The zero-order chi connectivity index (χ0) is 17.7. The Kier molecular flexibility index (Phi) is 7.47. The van der Waals surface area contributed by atoms with E-state index in [-0.39, 0.29) is 11.8 Å². The SMILES string of the molecule is COc1nc(N2CCN(C)CC2)ccc1I.O=C1CCC(=O)N1I. The first-order valence-electron chi connectivity index (χ1n) is 7.58. The predicted octanol–water partition coefficient (Wildman–Crippen LogP) is 1.93. The summed E-state index contributed by atoms with van der Waals surface area (Å²) in [7, 11) is 3.82. The number of rotatable bonds is 2. The first kappa shape index (κ1) is 19.6. The minimum atomic E-state index is -0.0735. The molecule has 2 saturated heterocycles. The number of hydrogen-bond acceptors (Lipinski definition) is 6. The lowest BCUT2D eigenvalue weighted by atomic mass is 10.3. The predicted molar refractivity (Wildman–Crippen MR) is 108 cm³/mol. The zero-order valence-electron chi connectivity index (χ0n) is 13.7. The second-order valence-corrected chi connectivity index (χ2v) is 7.65. The number of likely N-dealkylation sites (N-methyl/N-ethyl adjacent to an activating group) is 1. The summed E-state index contributed by atoms with van der Waals surface area (Å²) in [4.78, 5) is 30.1. The van der Waals surface area contributed by atoms with Crippen LogP contribution in [-0.4, -0.2) is 65.1 Å². The van der Waals surface area contributed by atoms with Crippen LogP contribution in [0.1, 0.15) is 12.8 Å². The number of halogens is 2. The Morgan fingerprint density at radius 3 is 2.12 bits per heavy atom. The average molecular weight is 558 g/mol. The number of nitrogens with zero attached hydrogens (tertiary/aromatic N) is 4. The van der Waals surface area contributed by atoms with E-state index in [4.69, 9.17) is 4.74 Å². The molecule has 0 spiro atoms. The van der Waals surface area contributed by atoms with Crippen LogP contribution < -0.4 is 9.64 Å². The second kappa shape index (κ2) is 9.13. The molecule has 7 nitrogen and oxygen atoms in total. The summed E-state index contributed by atoms with van der Waals surface area (Å²) < 4.78 is 7.43. The van der Waals surface area contributed by atoms with E-state index in [9.17, 15) is 9.59 Å². The number of hydrogen-bond donors (Lipinski definition) is 0. The van der Waals surface area contributed by atoms with E-state index < -0.39 is 0 Å². The summed E-state index contributed by atoms with van der Waals surface area (Å²) in [6.07, 6.45) is 0.781. The van der Waals surface area contributed by atoms with Crippen LogP contribution in [0.5, 0.6) is 5.88 Å².